The first kappa shape index (κ1) is 25.9. The molecule has 1 heterocycles. The van der Waals surface area contributed by atoms with E-state index >= 15 is 0 Å². The van der Waals surface area contributed by atoms with Crippen LogP contribution in [0, 0.1) is 6.07 Å². The first-order valence-electron chi connectivity index (χ1n) is 9.49. The summed E-state index contributed by atoms with van der Waals surface area (Å²) in [6.45, 7) is 14.7. The maximum absolute atomic E-state index is 4.62. The molecule has 27 heavy (non-hydrogen) atoms. The van der Waals surface area contributed by atoms with Crippen molar-refractivity contribution in [3.05, 3.63) is 65.4 Å². The van der Waals surface area contributed by atoms with Crippen LogP contribution in [0.2, 0.25) is 0 Å². The maximum Gasteiger partial charge on any atom is 3.00 e. The van der Waals surface area contributed by atoms with Crippen LogP contribution in [0.15, 0.2) is 48.7 Å². The van der Waals surface area contributed by atoms with E-state index in [-0.39, 0.29) is 26.4 Å². The predicted molar refractivity (Wildman–Crippen MR) is 112 cm³/mol. The molecule has 0 radical (unpaired) electrons. The van der Waals surface area contributed by atoms with Gasteiger partial charge < -0.3 is 20.5 Å². The Kier molecular flexibility index (Phi) is 14.3. The summed E-state index contributed by atoms with van der Waals surface area (Å²) in [6.07, 6.45) is 1.83. The molecule has 0 spiro atoms. The van der Waals surface area contributed by atoms with Gasteiger partial charge in [-0.1, -0.05) is 53.7 Å². The third-order valence-corrected chi connectivity index (χ3v) is 3.65. The van der Waals surface area contributed by atoms with E-state index in [0.29, 0.717) is 12.1 Å². The number of pyridine rings is 1. The van der Waals surface area contributed by atoms with Crippen molar-refractivity contribution in [3.8, 4) is 11.3 Å². The summed E-state index contributed by atoms with van der Waals surface area (Å²) in [5.74, 6) is 0. The molecular weight excluding hydrogens is 512 g/mol. The quantitative estimate of drug-likeness (QED) is 0.398. The Balaban J connectivity index is 0.000000485. The third kappa shape index (κ3) is 10.7. The number of aromatic nitrogens is 1. The molecule has 2 rings (SSSR count). The molecule has 0 aliphatic carbocycles. The zero-order valence-corrected chi connectivity index (χ0v) is 19.8. The molecule has 0 fully saturated rings. The Morgan fingerprint density at radius 1 is 0.926 bits per heavy atom. The topological polar surface area (TPSA) is 44.3 Å². The Labute approximate surface area is 179 Å². The predicted octanol–water partition coefficient (Wildman–Crippen LogP) is 5.72. The van der Waals surface area contributed by atoms with Crippen molar-refractivity contribution >= 4 is 0 Å². The minimum Gasteiger partial charge on any atom is -0.663 e. The van der Waals surface area contributed by atoms with Gasteiger partial charge in [-0.2, -0.15) is 6.29 Å². The van der Waals surface area contributed by atoms with Crippen LogP contribution >= 0.6 is 0 Å². The fourth-order valence-electron chi connectivity index (χ4n) is 2.39. The van der Waals surface area contributed by atoms with Crippen LogP contribution in [-0.4, -0.2) is 41.3 Å². The molecule has 5 heteroatoms. The summed E-state index contributed by atoms with van der Waals surface area (Å²) >= 11 is 0. The number of benzene rings is 1. The molecular formula is C22H33IrN4. The summed E-state index contributed by atoms with van der Waals surface area (Å²) < 4.78 is 0. The molecule has 0 atom stereocenters. The van der Waals surface area contributed by atoms with Gasteiger partial charge in [0.05, 0.1) is 0 Å². The minimum atomic E-state index is 0. The molecule has 0 aliphatic rings. The molecule has 150 valence electrons. The van der Waals surface area contributed by atoms with Crippen molar-refractivity contribution in [3.63, 3.8) is 0 Å². The fraction of sp³-hybridized carbons (Fsp3) is 0.500. The number of hydrogen-bond acceptors (Lipinski definition) is 2. The average Bonchev–Trinajstić information content (AvgIpc) is 2.64. The first-order chi connectivity index (χ1) is 12.5. The molecule has 0 N–H and O–H groups in total. The normalized spacial score (nSPS) is 10.7. The zero-order chi connectivity index (χ0) is 19.4. The minimum absolute atomic E-state index is 0. The van der Waals surface area contributed by atoms with Crippen molar-refractivity contribution < 1.29 is 20.1 Å². The van der Waals surface area contributed by atoms with Crippen molar-refractivity contribution in [1.29, 1.82) is 0 Å². The standard InChI is InChI=1S/C11H25N3.C11H8N.Ir/c1-7-14(8-2)11(12-9(3)4)13-10(5)6;1-2-6-10(7-3-1)11-8-4-5-9-12-11;/h9-11H,7-8H2,1-6H3;1-6,8-9H;/q-2;-1;+3. The van der Waals surface area contributed by atoms with Gasteiger partial charge in [0.1, 0.15) is 0 Å². The van der Waals surface area contributed by atoms with Gasteiger partial charge in [0.25, 0.3) is 0 Å². The monoisotopic (exact) mass is 546 g/mol. The van der Waals surface area contributed by atoms with E-state index in [4.69, 9.17) is 0 Å². The summed E-state index contributed by atoms with van der Waals surface area (Å²) in [4.78, 5) is 6.50. The molecule has 0 saturated carbocycles. The van der Waals surface area contributed by atoms with Gasteiger partial charge in [-0.25, -0.2) is 0 Å². The van der Waals surface area contributed by atoms with Crippen molar-refractivity contribution in [2.45, 2.75) is 59.9 Å². The summed E-state index contributed by atoms with van der Waals surface area (Å²) in [7, 11) is 0. The average molecular weight is 546 g/mol. The molecule has 2 aromatic rings. The van der Waals surface area contributed by atoms with E-state index in [1.807, 2.05) is 42.5 Å². The smallest absolute Gasteiger partial charge is 0.663 e. The summed E-state index contributed by atoms with van der Waals surface area (Å²) in [5, 5.41) is 9.24. The van der Waals surface area contributed by atoms with Crippen LogP contribution in [0.25, 0.3) is 21.9 Å². The second kappa shape index (κ2) is 14.9. The van der Waals surface area contributed by atoms with E-state index in [0.717, 1.165) is 24.3 Å². The van der Waals surface area contributed by atoms with Crippen LogP contribution in [-0.2, 0) is 20.1 Å². The molecule has 0 amide bonds. The van der Waals surface area contributed by atoms with Gasteiger partial charge in [0.15, 0.2) is 0 Å². The number of hydrogen-bond donors (Lipinski definition) is 0. The second-order valence-corrected chi connectivity index (χ2v) is 6.54. The van der Waals surface area contributed by atoms with E-state index in [1.54, 1.807) is 6.20 Å². The number of rotatable bonds is 8. The van der Waals surface area contributed by atoms with E-state index in [1.165, 1.54) is 0 Å². The fourth-order valence-corrected chi connectivity index (χ4v) is 2.39. The largest absolute Gasteiger partial charge is 3.00 e. The SMILES string of the molecule is CCN(CC)C([N-]C(C)C)[N-]C(C)C.[Ir+3].[c-]1ccccc1-c1ccccn1. The zero-order valence-electron chi connectivity index (χ0n) is 17.4. The van der Waals surface area contributed by atoms with Gasteiger partial charge in [-0.15, -0.1) is 48.0 Å². The van der Waals surface area contributed by atoms with Crippen LogP contribution in [0.3, 0.4) is 0 Å². The number of nitrogens with zero attached hydrogens (tertiary/aromatic N) is 4. The van der Waals surface area contributed by atoms with Gasteiger partial charge in [-0.05, 0) is 24.8 Å². The summed E-state index contributed by atoms with van der Waals surface area (Å²) in [6, 6.07) is 17.5. The van der Waals surface area contributed by atoms with Gasteiger partial charge in [-0.3, -0.25) is 0 Å². The molecule has 4 nitrogen and oxygen atoms in total. The molecule has 0 saturated heterocycles. The van der Waals surface area contributed by atoms with Crippen LogP contribution < -0.4 is 0 Å². The van der Waals surface area contributed by atoms with Crippen molar-refractivity contribution in [2.24, 2.45) is 0 Å². The van der Waals surface area contributed by atoms with E-state index < -0.39 is 0 Å². The first-order valence-corrected chi connectivity index (χ1v) is 9.49. The van der Waals surface area contributed by atoms with Crippen LogP contribution in [0.4, 0.5) is 0 Å². The van der Waals surface area contributed by atoms with Crippen molar-refractivity contribution in [2.75, 3.05) is 13.1 Å². The van der Waals surface area contributed by atoms with Gasteiger partial charge in [0, 0.05) is 6.20 Å². The molecule has 0 aliphatic heterocycles. The van der Waals surface area contributed by atoms with Gasteiger partial charge >= 0.3 is 20.1 Å². The van der Waals surface area contributed by atoms with Crippen LogP contribution in [0.1, 0.15) is 41.5 Å². The van der Waals surface area contributed by atoms with Gasteiger partial charge in [0.2, 0.25) is 0 Å². The molecule has 1 aromatic carbocycles. The molecule has 1 aromatic heterocycles. The maximum atomic E-state index is 4.62. The van der Waals surface area contributed by atoms with Crippen LogP contribution in [0.5, 0.6) is 0 Å². The summed E-state index contributed by atoms with van der Waals surface area (Å²) in [5.41, 5.74) is 2.01. The molecule has 0 bridgehead atoms. The van der Waals surface area contributed by atoms with E-state index in [9.17, 15) is 0 Å². The third-order valence-electron chi connectivity index (χ3n) is 3.65. The second-order valence-electron chi connectivity index (χ2n) is 6.54. The Bertz CT molecular complexity index is 524. The Hall–Kier alpha value is -1.10. The molecule has 0 unspecified atom stereocenters. The van der Waals surface area contributed by atoms with E-state index in [2.05, 4.69) is 68.1 Å². The van der Waals surface area contributed by atoms with Crippen molar-refractivity contribution in [1.82, 2.24) is 9.88 Å². The Morgan fingerprint density at radius 3 is 1.93 bits per heavy atom. The Morgan fingerprint density at radius 2 is 1.52 bits per heavy atom.